The fraction of sp³-hybridized carbons (Fsp3) is 0.778. The summed E-state index contributed by atoms with van der Waals surface area (Å²) < 4.78 is 4.42. The Hall–Kier alpha value is -1.10. The van der Waals surface area contributed by atoms with Gasteiger partial charge in [0.05, 0.1) is 13.7 Å². The number of nitrogens with one attached hydrogen (secondary N) is 1. The Morgan fingerprint density at radius 1 is 1.64 bits per heavy atom. The van der Waals surface area contributed by atoms with Crippen molar-refractivity contribution in [3.63, 3.8) is 0 Å². The molecule has 1 saturated carbocycles. The molecule has 80 valence electrons. The highest BCUT2D eigenvalue weighted by molar-refractivity contribution is 5.87. The molecule has 0 spiro atoms. The summed E-state index contributed by atoms with van der Waals surface area (Å²) in [6.07, 6.45) is 0.852. The summed E-state index contributed by atoms with van der Waals surface area (Å²) in [7, 11) is 1.22. The van der Waals surface area contributed by atoms with E-state index in [2.05, 4.69) is 10.1 Å². The molecule has 0 heterocycles. The third-order valence-corrected chi connectivity index (χ3v) is 2.43. The number of esters is 1. The number of hydrogen-bond donors (Lipinski definition) is 2. The lowest BCUT2D eigenvalue weighted by molar-refractivity contribution is -0.146. The standard InChI is InChI=1S/C9H15NO4/c1-5-3-6(5)8(12)10-7(4-11)9(13)14-2/h5-7,11H,3-4H2,1-2H3,(H,10,12). The van der Waals surface area contributed by atoms with E-state index in [-0.39, 0.29) is 11.8 Å². The molecule has 0 saturated heterocycles. The molecule has 0 aromatic carbocycles. The second-order valence-electron chi connectivity index (χ2n) is 3.59. The van der Waals surface area contributed by atoms with Gasteiger partial charge in [0.2, 0.25) is 5.91 Å². The molecule has 14 heavy (non-hydrogen) atoms. The molecule has 1 amide bonds. The maximum absolute atomic E-state index is 11.4. The van der Waals surface area contributed by atoms with Crippen molar-refractivity contribution in [2.24, 2.45) is 11.8 Å². The van der Waals surface area contributed by atoms with Crippen LogP contribution in [0.5, 0.6) is 0 Å². The lowest BCUT2D eigenvalue weighted by Crippen LogP contribution is -2.44. The number of aliphatic hydroxyl groups excluding tert-OH is 1. The van der Waals surface area contributed by atoms with Gasteiger partial charge in [0, 0.05) is 5.92 Å². The van der Waals surface area contributed by atoms with Gasteiger partial charge in [-0.05, 0) is 12.3 Å². The molecular weight excluding hydrogens is 186 g/mol. The number of aliphatic hydroxyl groups is 1. The highest BCUT2D eigenvalue weighted by atomic mass is 16.5. The van der Waals surface area contributed by atoms with Crippen LogP contribution in [0.25, 0.3) is 0 Å². The SMILES string of the molecule is COC(=O)C(CO)NC(=O)C1CC1C. The summed E-state index contributed by atoms with van der Waals surface area (Å²) >= 11 is 0. The van der Waals surface area contributed by atoms with Gasteiger partial charge in [0.25, 0.3) is 0 Å². The summed E-state index contributed by atoms with van der Waals surface area (Å²) in [6.45, 7) is 1.54. The predicted octanol–water partition coefficient (Wildman–Crippen LogP) is -0.708. The van der Waals surface area contributed by atoms with Crippen molar-refractivity contribution in [1.82, 2.24) is 5.32 Å². The van der Waals surface area contributed by atoms with E-state index in [0.717, 1.165) is 6.42 Å². The van der Waals surface area contributed by atoms with Crippen molar-refractivity contribution >= 4 is 11.9 Å². The number of carbonyl (C=O) groups excluding carboxylic acids is 2. The van der Waals surface area contributed by atoms with Gasteiger partial charge in [-0.3, -0.25) is 4.79 Å². The molecule has 3 atom stereocenters. The van der Waals surface area contributed by atoms with Crippen LogP contribution in [-0.2, 0) is 14.3 Å². The van der Waals surface area contributed by atoms with Gasteiger partial charge in [0.1, 0.15) is 0 Å². The van der Waals surface area contributed by atoms with Crippen LogP contribution in [0.1, 0.15) is 13.3 Å². The van der Waals surface area contributed by atoms with E-state index in [0.29, 0.717) is 5.92 Å². The molecule has 1 aliphatic carbocycles. The second kappa shape index (κ2) is 4.41. The van der Waals surface area contributed by atoms with Crippen molar-refractivity contribution in [3.8, 4) is 0 Å². The highest BCUT2D eigenvalue weighted by Gasteiger charge is 2.40. The zero-order valence-corrected chi connectivity index (χ0v) is 8.32. The van der Waals surface area contributed by atoms with Gasteiger partial charge >= 0.3 is 5.97 Å². The van der Waals surface area contributed by atoms with Crippen LogP contribution in [0.15, 0.2) is 0 Å². The Labute approximate surface area is 82.4 Å². The van der Waals surface area contributed by atoms with Crippen LogP contribution in [0, 0.1) is 11.8 Å². The Morgan fingerprint density at radius 2 is 2.21 bits per heavy atom. The number of rotatable bonds is 4. The molecule has 1 rings (SSSR count). The van der Waals surface area contributed by atoms with Gasteiger partial charge in [-0.25, -0.2) is 4.79 Å². The van der Waals surface area contributed by atoms with Gasteiger partial charge in [-0.1, -0.05) is 6.92 Å². The third-order valence-electron chi connectivity index (χ3n) is 2.43. The smallest absolute Gasteiger partial charge is 0.330 e. The summed E-state index contributed by atoms with van der Waals surface area (Å²) in [6, 6.07) is -0.930. The maximum atomic E-state index is 11.4. The zero-order chi connectivity index (χ0) is 10.7. The Balaban J connectivity index is 2.40. The average molecular weight is 201 g/mol. The average Bonchev–Trinajstić information content (AvgIpc) is 2.90. The minimum absolute atomic E-state index is 0.00583. The Bertz CT molecular complexity index is 241. The van der Waals surface area contributed by atoms with Crippen LogP contribution >= 0.6 is 0 Å². The van der Waals surface area contributed by atoms with Crippen molar-refractivity contribution in [2.45, 2.75) is 19.4 Å². The molecule has 0 aliphatic heterocycles. The fourth-order valence-corrected chi connectivity index (χ4v) is 1.29. The molecule has 0 aromatic heterocycles. The van der Waals surface area contributed by atoms with Crippen molar-refractivity contribution in [1.29, 1.82) is 0 Å². The Kier molecular flexibility index (Phi) is 3.46. The predicted molar refractivity (Wildman–Crippen MR) is 48.3 cm³/mol. The van der Waals surface area contributed by atoms with E-state index in [1.54, 1.807) is 0 Å². The van der Waals surface area contributed by atoms with Crippen LogP contribution in [0.4, 0.5) is 0 Å². The van der Waals surface area contributed by atoms with Crippen molar-refractivity contribution < 1.29 is 19.4 Å². The second-order valence-corrected chi connectivity index (χ2v) is 3.59. The zero-order valence-electron chi connectivity index (χ0n) is 8.32. The summed E-state index contributed by atoms with van der Waals surface area (Å²) in [5, 5.41) is 11.3. The first-order valence-electron chi connectivity index (χ1n) is 4.59. The molecule has 1 aliphatic rings. The summed E-state index contributed by atoms with van der Waals surface area (Å²) in [4.78, 5) is 22.4. The van der Waals surface area contributed by atoms with E-state index < -0.39 is 18.6 Å². The normalized spacial score (nSPS) is 26.5. The molecule has 0 radical (unpaired) electrons. The van der Waals surface area contributed by atoms with Gasteiger partial charge in [0.15, 0.2) is 6.04 Å². The quantitative estimate of drug-likeness (QED) is 0.589. The van der Waals surface area contributed by atoms with Gasteiger partial charge in [-0.15, -0.1) is 0 Å². The molecular formula is C9H15NO4. The summed E-state index contributed by atoms with van der Waals surface area (Å²) in [5.74, 6) is -0.420. The number of methoxy groups -OCH3 is 1. The number of carbonyl (C=O) groups is 2. The molecule has 0 aromatic rings. The van der Waals surface area contributed by atoms with Gasteiger partial charge in [-0.2, -0.15) is 0 Å². The highest BCUT2D eigenvalue weighted by Crippen LogP contribution is 2.37. The lowest BCUT2D eigenvalue weighted by Gasteiger charge is -2.13. The van der Waals surface area contributed by atoms with Crippen LogP contribution in [-0.4, -0.2) is 36.7 Å². The van der Waals surface area contributed by atoms with Crippen LogP contribution < -0.4 is 5.32 Å². The Morgan fingerprint density at radius 3 is 2.57 bits per heavy atom. The first-order valence-corrected chi connectivity index (χ1v) is 4.59. The number of ether oxygens (including phenoxy) is 1. The molecule has 3 unspecified atom stereocenters. The van der Waals surface area contributed by atoms with E-state index in [1.807, 2.05) is 6.92 Å². The lowest BCUT2D eigenvalue weighted by atomic mass is 10.2. The van der Waals surface area contributed by atoms with E-state index in [9.17, 15) is 9.59 Å². The fourth-order valence-electron chi connectivity index (χ4n) is 1.29. The van der Waals surface area contributed by atoms with E-state index in [1.165, 1.54) is 7.11 Å². The monoisotopic (exact) mass is 201 g/mol. The van der Waals surface area contributed by atoms with E-state index in [4.69, 9.17) is 5.11 Å². The maximum Gasteiger partial charge on any atom is 0.330 e. The van der Waals surface area contributed by atoms with Crippen molar-refractivity contribution in [2.75, 3.05) is 13.7 Å². The first kappa shape index (κ1) is 11.0. The molecule has 0 bridgehead atoms. The minimum atomic E-state index is -0.930. The number of amides is 1. The first-order chi connectivity index (χ1) is 6.60. The topological polar surface area (TPSA) is 75.6 Å². The third kappa shape index (κ3) is 2.45. The largest absolute Gasteiger partial charge is 0.467 e. The molecule has 1 fully saturated rings. The molecule has 2 N–H and O–H groups in total. The van der Waals surface area contributed by atoms with Crippen molar-refractivity contribution in [3.05, 3.63) is 0 Å². The summed E-state index contributed by atoms with van der Waals surface area (Å²) in [5.41, 5.74) is 0. The molecule has 5 heteroatoms. The number of hydrogen-bond acceptors (Lipinski definition) is 4. The minimum Gasteiger partial charge on any atom is -0.467 e. The van der Waals surface area contributed by atoms with Crippen LogP contribution in [0.2, 0.25) is 0 Å². The van der Waals surface area contributed by atoms with Crippen LogP contribution in [0.3, 0.4) is 0 Å². The molecule has 5 nitrogen and oxygen atoms in total. The van der Waals surface area contributed by atoms with Gasteiger partial charge < -0.3 is 15.2 Å². The van der Waals surface area contributed by atoms with E-state index >= 15 is 0 Å².